The smallest absolute Gasteiger partial charge is 0.307 e. The van der Waals surface area contributed by atoms with Crippen LogP contribution in [-0.4, -0.2) is 31.0 Å². The molecule has 0 heterocycles. The largest absolute Gasteiger partial charge is 0.548 e. The zero-order chi connectivity index (χ0) is 13.5. The number of esters is 1. The van der Waals surface area contributed by atoms with Gasteiger partial charge in [0.15, 0.2) is 0 Å². The van der Waals surface area contributed by atoms with Gasteiger partial charge in [-0.3, -0.25) is 9.59 Å². The lowest BCUT2D eigenvalue weighted by molar-refractivity contribution is -0.308. The predicted molar refractivity (Wildman–Crippen MR) is 60.1 cm³/mol. The van der Waals surface area contributed by atoms with Crippen LogP contribution < -0.4 is 10.4 Å². The second-order valence-corrected chi connectivity index (χ2v) is 4.50. The molecule has 1 amide bonds. The lowest BCUT2D eigenvalue weighted by atomic mass is 9.88. The van der Waals surface area contributed by atoms with E-state index in [4.69, 9.17) is 0 Å². The fourth-order valence-electron chi connectivity index (χ4n) is 2.10. The van der Waals surface area contributed by atoms with Gasteiger partial charge in [-0.2, -0.15) is 0 Å². The molecule has 1 aliphatic carbocycles. The molecule has 1 aliphatic rings. The van der Waals surface area contributed by atoms with Gasteiger partial charge in [0, 0.05) is 5.92 Å². The van der Waals surface area contributed by atoms with Crippen molar-refractivity contribution in [2.45, 2.75) is 44.6 Å². The Morgan fingerprint density at radius 1 is 1.28 bits per heavy atom. The van der Waals surface area contributed by atoms with Crippen molar-refractivity contribution in [1.82, 2.24) is 5.32 Å². The van der Waals surface area contributed by atoms with Gasteiger partial charge in [-0.15, -0.1) is 0 Å². The normalized spacial score (nSPS) is 17.8. The summed E-state index contributed by atoms with van der Waals surface area (Å²) in [4.78, 5) is 33.7. The van der Waals surface area contributed by atoms with Crippen LogP contribution in [0.2, 0.25) is 0 Å². The second kappa shape index (κ2) is 6.98. The molecule has 0 aliphatic heterocycles. The third kappa shape index (κ3) is 4.35. The Kier molecular flexibility index (Phi) is 5.61. The minimum Gasteiger partial charge on any atom is -0.548 e. The molecule has 1 rings (SSSR count). The number of methoxy groups -OCH3 is 1. The molecule has 0 spiro atoms. The average Bonchev–Trinajstić information content (AvgIpc) is 2.38. The van der Waals surface area contributed by atoms with E-state index in [9.17, 15) is 19.5 Å². The van der Waals surface area contributed by atoms with Gasteiger partial charge in [0.1, 0.15) is 0 Å². The molecule has 6 nitrogen and oxygen atoms in total. The highest BCUT2D eigenvalue weighted by atomic mass is 16.5. The van der Waals surface area contributed by atoms with E-state index in [1.165, 1.54) is 0 Å². The first-order valence-electron chi connectivity index (χ1n) is 6.12. The number of amides is 1. The van der Waals surface area contributed by atoms with E-state index in [0.717, 1.165) is 39.2 Å². The van der Waals surface area contributed by atoms with Crippen LogP contribution in [0.15, 0.2) is 0 Å². The first-order valence-corrected chi connectivity index (χ1v) is 6.12. The minimum absolute atomic E-state index is 0.154. The highest BCUT2D eigenvalue weighted by Gasteiger charge is 2.25. The number of aliphatic carboxylic acids is 1. The van der Waals surface area contributed by atoms with E-state index in [2.05, 4.69) is 10.1 Å². The Balaban J connectivity index is 2.51. The molecule has 0 aromatic rings. The van der Waals surface area contributed by atoms with Gasteiger partial charge in [-0.25, -0.2) is 0 Å². The molecule has 102 valence electrons. The Hall–Kier alpha value is -1.59. The molecule has 0 bridgehead atoms. The second-order valence-electron chi connectivity index (χ2n) is 4.50. The molecule has 0 aromatic heterocycles. The Morgan fingerprint density at radius 2 is 1.89 bits per heavy atom. The molecule has 18 heavy (non-hydrogen) atoms. The number of rotatable bonds is 5. The van der Waals surface area contributed by atoms with Crippen LogP contribution in [0.3, 0.4) is 0 Å². The van der Waals surface area contributed by atoms with Crippen LogP contribution in [0, 0.1) is 5.92 Å². The minimum atomic E-state index is -1.47. The fourth-order valence-corrected chi connectivity index (χ4v) is 2.10. The highest BCUT2D eigenvalue weighted by molar-refractivity contribution is 5.87. The fraction of sp³-hybridized carbons (Fsp3) is 0.750. The summed E-state index contributed by atoms with van der Waals surface area (Å²) in [6.07, 6.45) is 4.19. The number of carboxylic acids is 1. The van der Waals surface area contributed by atoms with Crippen LogP contribution in [0.4, 0.5) is 0 Å². The maximum Gasteiger partial charge on any atom is 0.307 e. The van der Waals surface area contributed by atoms with Crippen molar-refractivity contribution in [3.8, 4) is 0 Å². The standard InChI is InChI=1S/C12H19NO5/c1-18-10(14)7-9(12(16)17)13-11(15)8-5-3-2-4-6-8/h8-9H,2-7H2,1H3,(H,13,15)(H,16,17)/p-1/t9-/m0/s1. The van der Waals surface area contributed by atoms with Crippen molar-refractivity contribution in [2.24, 2.45) is 5.92 Å². The number of ether oxygens (including phenoxy) is 1. The molecular weight excluding hydrogens is 238 g/mol. The van der Waals surface area contributed by atoms with Gasteiger partial charge in [0.25, 0.3) is 0 Å². The lowest BCUT2D eigenvalue weighted by Gasteiger charge is -2.24. The van der Waals surface area contributed by atoms with Crippen LogP contribution in [0.1, 0.15) is 38.5 Å². The number of hydrogen-bond donors (Lipinski definition) is 1. The van der Waals surface area contributed by atoms with E-state index >= 15 is 0 Å². The number of carbonyl (C=O) groups is 3. The molecule has 1 N–H and O–H groups in total. The Bertz CT molecular complexity index is 322. The van der Waals surface area contributed by atoms with Crippen molar-refractivity contribution in [3.05, 3.63) is 0 Å². The molecular formula is C12H18NO5-. The van der Waals surface area contributed by atoms with Crippen molar-refractivity contribution < 1.29 is 24.2 Å². The first-order chi connectivity index (χ1) is 8.54. The third-order valence-corrected chi connectivity index (χ3v) is 3.18. The van der Waals surface area contributed by atoms with Crippen molar-refractivity contribution in [1.29, 1.82) is 0 Å². The maximum atomic E-state index is 11.8. The third-order valence-electron chi connectivity index (χ3n) is 3.18. The van der Waals surface area contributed by atoms with Crippen LogP contribution in [-0.2, 0) is 19.1 Å². The van der Waals surface area contributed by atoms with Gasteiger partial charge >= 0.3 is 5.97 Å². The number of carboxylic acid groups (broad SMARTS) is 1. The Morgan fingerprint density at radius 3 is 2.39 bits per heavy atom. The van der Waals surface area contributed by atoms with E-state index in [-0.39, 0.29) is 11.8 Å². The number of hydrogen-bond acceptors (Lipinski definition) is 5. The van der Waals surface area contributed by atoms with Crippen LogP contribution in [0.25, 0.3) is 0 Å². The first kappa shape index (κ1) is 14.5. The van der Waals surface area contributed by atoms with E-state index < -0.39 is 24.4 Å². The molecule has 0 unspecified atom stereocenters. The van der Waals surface area contributed by atoms with Crippen molar-refractivity contribution >= 4 is 17.8 Å². The van der Waals surface area contributed by atoms with Crippen molar-refractivity contribution in [3.63, 3.8) is 0 Å². The maximum absolute atomic E-state index is 11.8. The molecule has 0 saturated heterocycles. The summed E-state index contributed by atoms with van der Waals surface area (Å²) in [6, 6.07) is -1.31. The summed E-state index contributed by atoms with van der Waals surface area (Å²) in [5.41, 5.74) is 0. The number of carbonyl (C=O) groups excluding carboxylic acids is 3. The molecule has 6 heteroatoms. The summed E-state index contributed by atoms with van der Waals surface area (Å²) in [7, 11) is 1.16. The lowest BCUT2D eigenvalue weighted by Crippen LogP contribution is -2.50. The van der Waals surface area contributed by atoms with E-state index in [0.29, 0.717) is 0 Å². The van der Waals surface area contributed by atoms with Gasteiger partial charge in [-0.1, -0.05) is 19.3 Å². The van der Waals surface area contributed by atoms with Gasteiger partial charge in [0.2, 0.25) is 5.91 Å². The highest BCUT2D eigenvalue weighted by Crippen LogP contribution is 2.23. The predicted octanol–water partition coefficient (Wildman–Crippen LogP) is -0.635. The summed E-state index contributed by atoms with van der Waals surface area (Å²) in [5, 5.41) is 13.2. The monoisotopic (exact) mass is 256 g/mol. The SMILES string of the molecule is COC(=O)C[C@H](NC(=O)C1CCCCC1)C(=O)[O-]. The van der Waals surface area contributed by atoms with Gasteiger partial charge in [0.05, 0.1) is 25.5 Å². The van der Waals surface area contributed by atoms with Crippen LogP contribution >= 0.6 is 0 Å². The topological polar surface area (TPSA) is 95.5 Å². The average molecular weight is 256 g/mol. The summed E-state index contributed by atoms with van der Waals surface area (Å²) >= 11 is 0. The van der Waals surface area contributed by atoms with Crippen molar-refractivity contribution in [2.75, 3.05) is 7.11 Å². The van der Waals surface area contributed by atoms with Gasteiger partial charge in [-0.05, 0) is 12.8 Å². The van der Waals surface area contributed by atoms with E-state index in [1.54, 1.807) is 0 Å². The summed E-state index contributed by atoms with van der Waals surface area (Å²) in [6.45, 7) is 0. The zero-order valence-electron chi connectivity index (χ0n) is 10.4. The zero-order valence-corrected chi connectivity index (χ0v) is 10.4. The van der Waals surface area contributed by atoms with E-state index in [1.807, 2.05) is 0 Å². The summed E-state index contributed by atoms with van der Waals surface area (Å²) in [5.74, 6) is -2.62. The molecule has 0 aromatic carbocycles. The van der Waals surface area contributed by atoms with Gasteiger partial charge < -0.3 is 20.0 Å². The molecule has 1 saturated carbocycles. The number of nitrogens with one attached hydrogen (secondary N) is 1. The molecule has 1 fully saturated rings. The molecule has 0 radical (unpaired) electrons. The summed E-state index contributed by atoms with van der Waals surface area (Å²) < 4.78 is 4.38. The molecule has 1 atom stereocenters. The quantitative estimate of drug-likeness (QED) is 0.660. The van der Waals surface area contributed by atoms with Crippen LogP contribution in [0.5, 0.6) is 0 Å². The Labute approximate surface area is 106 Å².